The number of pyridine rings is 1. The molecule has 3 amide bonds. The average Bonchev–Trinajstić information content (AvgIpc) is 3.53. The third-order valence-corrected chi connectivity index (χ3v) is 6.75. The molecule has 43 heavy (non-hydrogen) atoms. The highest BCUT2D eigenvalue weighted by Gasteiger charge is 2.42. The fraction of sp³-hybridized carbons (Fsp3) is 0.156. The van der Waals surface area contributed by atoms with Gasteiger partial charge in [-0.05, 0) is 41.5 Å². The smallest absolute Gasteiger partial charge is 0.326 e. The minimum Gasteiger partial charge on any atom is -0.480 e. The van der Waals surface area contributed by atoms with Crippen molar-refractivity contribution in [3.8, 4) is 11.1 Å². The van der Waals surface area contributed by atoms with Gasteiger partial charge in [0.2, 0.25) is 0 Å². The van der Waals surface area contributed by atoms with Crippen LogP contribution in [0.4, 0.5) is 11.4 Å². The molecule has 1 aliphatic rings. The van der Waals surface area contributed by atoms with E-state index in [9.17, 15) is 24.3 Å². The Morgan fingerprint density at radius 3 is 2.21 bits per heavy atom. The number of carboxylic acids is 1. The van der Waals surface area contributed by atoms with Gasteiger partial charge in [0.15, 0.2) is 12.2 Å². The number of aromatic nitrogens is 1. The highest BCUT2D eigenvalue weighted by Crippen LogP contribution is 2.28. The van der Waals surface area contributed by atoms with E-state index in [0.29, 0.717) is 22.5 Å². The molecule has 0 radical (unpaired) electrons. The molecule has 0 spiro atoms. The predicted octanol–water partition coefficient (Wildman–Crippen LogP) is 3.49. The normalized spacial score (nSPS) is 16.6. The molecule has 4 aromatic rings. The van der Waals surface area contributed by atoms with Gasteiger partial charge in [0.25, 0.3) is 17.7 Å². The first-order valence-electron chi connectivity index (χ1n) is 13.4. The number of nitrogens with zero attached hydrogens (tertiary/aromatic N) is 1. The maximum Gasteiger partial charge on any atom is 0.326 e. The van der Waals surface area contributed by atoms with E-state index in [0.717, 1.165) is 11.1 Å². The Bertz CT molecular complexity index is 1600. The Morgan fingerprint density at radius 1 is 0.814 bits per heavy atom. The standard InChI is InChI=1S/C32H28N4O7/c37-29(22-9-6-16-33-18-22)34-23-14-12-20(13-15-23)17-26(32(40)41)36-31(39)28-27(42-19-43-28)30(38)35-25-11-5-4-10-24(25)21-7-2-1-3-8-21/h1-16,18,26-28H,17,19H2,(H,34,37)(H,35,38)(H,36,39)(H,40,41)/t26-,27+,28+/m0/s1. The molecule has 0 saturated carbocycles. The van der Waals surface area contributed by atoms with E-state index in [-0.39, 0.29) is 19.1 Å². The molecule has 4 N–H and O–H groups in total. The number of carboxylic acid groups (broad SMARTS) is 1. The minimum atomic E-state index is -1.35. The van der Waals surface area contributed by atoms with Crippen LogP contribution in [-0.4, -0.2) is 58.8 Å². The third kappa shape index (κ3) is 7.28. The first kappa shape index (κ1) is 29.1. The zero-order chi connectivity index (χ0) is 30.2. The van der Waals surface area contributed by atoms with Crippen molar-refractivity contribution in [2.45, 2.75) is 24.7 Å². The molecule has 1 aromatic heterocycles. The van der Waals surface area contributed by atoms with Crippen LogP contribution in [0, 0.1) is 0 Å². The summed E-state index contributed by atoms with van der Waals surface area (Å²) in [7, 11) is 0. The van der Waals surface area contributed by atoms with E-state index >= 15 is 0 Å². The molecule has 3 aromatic carbocycles. The summed E-state index contributed by atoms with van der Waals surface area (Å²) >= 11 is 0. The van der Waals surface area contributed by atoms with Gasteiger partial charge >= 0.3 is 5.97 Å². The summed E-state index contributed by atoms with van der Waals surface area (Å²) < 4.78 is 10.8. The van der Waals surface area contributed by atoms with Crippen molar-refractivity contribution in [3.63, 3.8) is 0 Å². The van der Waals surface area contributed by atoms with E-state index < -0.39 is 36.0 Å². The predicted molar refractivity (Wildman–Crippen MR) is 157 cm³/mol. The molecule has 0 aliphatic carbocycles. The number of nitrogens with one attached hydrogen (secondary N) is 3. The van der Waals surface area contributed by atoms with Crippen LogP contribution in [-0.2, 0) is 30.3 Å². The lowest BCUT2D eigenvalue weighted by atomic mass is 10.0. The van der Waals surface area contributed by atoms with Gasteiger partial charge in [0.1, 0.15) is 12.8 Å². The number of carbonyl (C=O) groups is 4. The summed E-state index contributed by atoms with van der Waals surface area (Å²) in [6, 6.07) is 25.2. The van der Waals surface area contributed by atoms with Crippen LogP contribution >= 0.6 is 0 Å². The number of aliphatic carboxylic acids is 1. The van der Waals surface area contributed by atoms with Gasteiger partial charge in [-0.15, -0.1) is 0 Å². The number of para-hydroxylation sites is 1. The highest BCUT2D eigenvalue weighted by atomic mass is 16.7. The lowest BCUT2D eigenvalue weighted by Gasteiger charge is -2.20. The first-order chi connectivity index (χ1) is 20.9. The molecule has 1 aliphatic heterocycles. The summed E-state index contributed by atoms with van der Waals surface area (Å²) in [4.78, 5) is 54.6. The second-order valence-corrected chi connectivity index (χ2v) is 9.69. The van der Waals surface area contributed by atoms with Crippen molar-refractivity contribution in [2.75, 3.05) is 17.4 Å². The van der Waals surface area contributed by atoms with Gasteiger partial charge in [-0.2, -0.15) is 0 Å². The lowest BCUT2D eigenvalue weighted by Crippen LogP contribution is -2.51. The number of hydrogen-bond acceptors (Lipinski definition) is 7. The summed E-state index contributed by atoms with van der Waals surface area (Å²) in [5.41, 5.74) is 3.70. The number of hydrogen-bond donors (Lipinski definition) is 4. The molecule has 11 nitrogen and oxygen atoms in total. The van der Waals surface area contributed by atoms with Crippen LogP contribution in [0.3, 0.4) is 0 Å². The number of carbonyl (C=O) groups excluding carboxylic acids is 3. The summed E-state index contributed by atoms with van der Waals surface area (Å²) in [5.74, 6) is -2.99. The average molecular weight is 581 g/mol. The molecular formula is C32H28N4O7. The van der Waals surface area contributed by atoms with Crippen molar-refractivity contribution < 1.29 is 33.8 Å². The zero-order valence-electron chi connectivity index (χ0n) is 22.8. The fourth-order valence-electron chi connectivity index (χ4n) is 4.57. The second kappa shape index (κ2) is 13.5. The van der Waals surface area contributed by atoms with Crippen molar-refractivity contribution >= 4 is 35.1 Å². The Hall–Kier alpha value is -5.39. The minimum absolute atomic E-state index is 0.0488. The van der Waals surface area contributed by atoms with Crippen LogP contribution in [0.15, 0.2) is 103 Å². The second-order valence-electron chi connectivity index (χ2n) is 9.69. The van der Waals surface area contributed by atoms with Gasteiger partial charge in [0, 0.05) is 35.8 Å². The molecule has 218 valence electrons. The Kier molecular flexibility index (Phi) is 9.15. The molecule has 0 bridgehead atoms. The summed E-state index contributed by atoms with van der Waals surface area (Å²) in [5, 5.41) is 17.8. The third-order valence-electron chi connectivity index (χ3n) is 6.75. The Morgan fingerprint density at radius 2 is 1.51 bits per heavy atom. The zero-order valence-corrected chi connectivity index (χ0v) is 22.8. The van der Waals surface area contributed by atoms with Crippen LogP contribution in [0.2, 0.25) is 0 Å². The van der Waals surface area contributed by atoms with E-state index in [1.807, 2.05) is 42.5 Å². The number of benzene rings is 3. The number of rotatable bonds is 10. The van der Waals surface area contributed by atoms with Crippen molar-refractivity contribution in [1.29, 1.82) is 0 Å². The van der Waals surface area contributed by atoms with Gasteiger partial charge in [-0.3, -0.25) is 19.4 Å². The van der Waals surface area contributed by atoms with Crippen molar-refractivity contribution in [3.05, 3.63) is 115 Å². The fourth-order valence-corrected chi connectivity index (χ4v) is 4.57. The highest BCUT2D eigenvalue weighted by molar-refractivity contribution is 6.04. The molecule has 2 heterocycles. The van der Waals surface area contributed by atoms with Crippen molar-refractivity contribution in [2.24, 2.45) is 0 Å². The molecule has 5 rings (SSSR count). The maximum absolute atomic E-state index is 13.2. The molecule has 0 unspecified atom stereocenters. The van der Waals surface area contributed by atoms with Gasteiger partial charge in [0.05, 0.1) is 5.56 Å². The van der Waals surface area contributed by atoms with E-state index in [2.05, 4.69) is 20.9 Å². The van der Waals surface area contributed by atoms with Crippen LogP contribution in [0.25, 0.3) is 11.1 Å². The van der Waals surface area contributed by atoms with Crippen LogP contribution in [0.1, 0.15) is 15.9 Å². The van der Waals surface area contributed by atoms with Crippen LogP contribution in [0.5, 0.6) is 0 Å². The SMILES string of the molecule is O=C(Nc1ccc(C[C@H](NC(=O)[C@@H]2OCO[C@H]2C(=O)Nc2ccccc2-c2ccccc2)C(=O)O)cc1)c1cccnc1. The topological polar surface area (TPSA) is 156 Å². The number of ether oxygens (including phenoxy) is 2. The van der Waals surface area contributed by atoms with E-state index in [1.165, 1.54) is 6.20 Å². The van der Waals surface area contributed by atoms with E-state index in [4.69, 9.17) is 9.47 Å². The van der Waals surface area contributed by atoms with Crippen LogP contribution < -0.4 is 16.0 Å². The number of amides is 3. The Labute approximate surface area is 246 Å². The summed E-state index contributed by atoms with van der Waals surface area (Å²) in [6.07, 6.45) is 0.320. The monoisotopic (exact) mass is 580 g/mol. The molecule has 1 saturated heterocycles. The first-order valence-corrected chi connectivity index (χ1v) is 13.4. The molecule has 11 heteroatoms. The maximum atomic E-state index is 13.2. The number of anilines is 2. The molecular weight excluding hydrogens is 552 g/mol. The van der Waals surface area contributed by atoms with Crippen molar-refractivity contribution in [1.82, 2.24) is 10.3 Å². The van der Waals surface area contributed by atoms with Gasteiger partial charge in [-0.1, -0.05) is 60.7 Å². The lowest BCUT2D eigenvalue weighted by molar-refractivity contribution is -0.144. The van der Waals surface area contributed by atoms with Gasteiger partial charge in [-0.25, -0.2) is 4.79 Å². The van der Waals surface area contributed by atoms with E-state index in [1.54, 1.807) is 54.7 Å². The summed E-state index contributed by atoms with van der Waals surface area (Å²) in [6.45, 7) is -0.305. The largest absolute Gasteiger partial charge is 0.480 e. The Balaban J connectivity index is 1.21. The quantitative estimate of drug-likeness (QED) is 0.222. The molecule has 3 atom stereocenters. The van der Waals surface area contributed by atoms with Gasteiger partial charge < -0.3 is 30.5 Å². The molecule has 1 fully saturated rings.